The molecule has 0 aliphatic carbocycles. The number of hydrogen-bond donors (Lipinski definition) is 1. The summed E-state index contributed by atoms with van der Waals surface area (Å²) in [6, 6.07) is 0.268. The zero-order chi connectivity index (χ0) is 12.3. The van der Waals surface area contributed by atoms with Crippen LogP contribution < -0.4 is 5.32 Å². The van der Waals surface area contributed by atoms with Gasteiger partial charge >= 0.3 is 0 Å². The van der Waals surface area contributed by atoms with Gasteiger partial charge in [-0.2, -0.15) is 4.98 Å². The SMILES string of the molecule is CC(C)(C)SCc1noc([C@H]2CCCCN2)n1. The molecule has 1 aliphatic rings. The van der Waals surface area contributed by atoms with Crippen LogP contribution in [0.25, 0.3) is 0 Å². The van der Waals surface area contributed by atoms with Gasteiger partial charge in [0.25, 0.3) is 0 Å². The highest BCUT2D eigenvalue weighted by Crippen LogP contribution is 2.27. The summed E-state index contributed by atoms with van der Waals surface area (Å²) in [5.74, 6) is 2.39. The fourth-order valence-corrected chi connectivity index (χ4v) is 2.49. The minimum absolute atomic E-state index is 0.240. The van der Waals surface area contributed by atoms with Crippen molar-refractivity contribution >= 4 is 11.8 Å². The molecule has 1 N–H and O–H groups in total. The lowest BCUT2D eigenvalue weighted by Gasteiger charge is -2.19. The third-order valence-electron chi connectivity index (χ3n) is 2.73. The summed E-state index contributed by atoms with van der Waals surface area (Å²) in [4.78, 5) is 4.48. The number of nitrogens with one attached hydrogen (secondary N) is 1. The molecule has 1 aromatic rings. The van der Waals surface area contributed by atoms with Crippen LogP contribution >= 0.6 is 11.8 Å². The van der Waals surface area contributed by atoms with Crippen LogP contribution in [0.3, 0.4) is 0 Å². The number of nitrogens with zero attached hydrogens (tertiary/aromatic N) is 2. The highest BCUT2D eigenvalue weighted by atomic mass is 32.2. The summed E-state index contributed by atoms with van der Waals surface area (Å²) in [6.45, 7) is 7.64. The molecular formula is C12H21N3OS. The second kappa shape index (κ2) is 5.40. The van der Waals surface area contributed by atoms with E-state index >= 15 is 0 Å². The topological polar surface area (TPSA) is 51.0 Å². The molecule has 2 rings (SSSR count). The molecule has 17 heavy (non-hydrogen) atoms. The summed E-state index contributed by atoms with van der Waals surface area (Å²) in [5, 5.41) is 7.47. The molecule has 0 unspecified atom stereocenters. The molecule has 2 heterocycles. The third-order valence-corrected chi connectivity index (χ3v) is 4.00. The fourth-order valence-electron chi connectivity index (χ4n) is 1.81. The van der Waals surface area contributed by atoms with Crippen molar-refractivity contribution in [1.82, 2.24) is 15.5 Å². The van der Waals surface area contributed by atoms with E-state index in [1.807, 2.05) is 11.8 Å². The van der Waals surface area contributed by atoms with Gasteiger partial charge in [-0.25, -0.2) is 0 Å². The average Bonchev–Trinajstić information content (AvgIpc) is 2.75. The molecule has 0 aromatic carbocycles. The second-order valence-electron chi connectivity index (χ2n) is 5.45. The Bertz CT molecular complexity index is 353. The van der Waals surface area contributed by atoms with Gasteiger partial charge in [-0.15, -0.1) is 11.8 Å². The van der Waals surface area contributed by atoms with Crippen LogP contribution in [0.4, 0.5) is 0 Å². The zero-order valence-corrected chi connectivity index (χ0v) is 11.6. The first-order valence-corrected chi connectivity index (χ1v) is 7.23. The van der Waals surface area contributed by atoms with E-state index in [-0.39, 0.29) is 10.8 Å². The molecule has 1 fully saturated rings. The molecule has 1 aromatic heterocycles. The molecule has 5 heteroatoms. The first kappa shape index (κ1) is 12.9. The second-order valence-corrected chi connectivity index (χ2v) is 7.25. The molecule has 1 atom stereocenters. The predicted octanol–water partition coefficient (Wildman–Crippen LogP) is 2.92. The summed E-state index contributed by atoms with van der Waals surface area (Å²) in [6.07, 6.45) is 3.59. The van der Waals surface area contributed by atoms with Crippen molar-refractivity contribution in [2.75, 3.05) is 6.54 Å². The maximum Gasteiger partial charge on any atom is 0.243 e. The van der Waals surface area contributed by atoms with Crippen molar-refractivity contribution in [2.24, 2.45) is 0 Å². The van der Waals surface area contributed by atoms with E-state index in [0.717, 1.165) is 30.4 Å². The Morgan fingerprint density at radius 1 is 1.41 bits per heavy atom. The van der Waals surface area contributed by atoms with Crippen molar-refractivity contribution in [3.63, 3.8) is 0 Å². The Morgan fingerprint density at radius 3 is 2.88 bits per heavy atom. The quantitative estimate of drug-likeness (QED) is 0.900. The molecule has 1 aliphatic heterocycles. The molecule has 4 nitrogen and oxygen atoms in total. The van der Waals surface area contributed by atoms with Gasteiger partial charge in [-0.3, -0.25) is 0 Å². The van der Waals surface area contributed by atoms with Crippen LogP contribution in [0, 0.1) is 0 Å². The Hall–Kier alpha value is -0.550. The van der Waals surface area contributed by atoms with Crippen molar-refractivity contribution in [1.29, 1.82) is 0 Å². The van der Waals surface area contributed by atoms with Crippen molar-refractivity contribution in [3.8, 4) is 0 Å². The lowest BCUT2D eigenvalue weighted by Crippen LogP contribution is -2.27. The van der Waals surface area contributed by atoms with E-state index < -0.39 is 0 Å². The summed E-state index contributed by atoms with van der Waals surface area (Å²) >= 11 is 1.84. The predicted molar refractivity (Wildman–Crippen MR) is 69.9 cm³/mol. The van der Waals surface area contributed by atoms with Gasteiger partial charge < -0.3 is 9.84 Å². The van der Waals surface area contributed by atoms with Crippen molar-refractivity contribution in [2.45, 2.75) is 56.6 Å². The van der Waals surface area contributed by atoms with E-state index in [2.05, 4.69) is 36.2 Å². The molecule has 1 saturated heterocycles. The number of rotatable bonds is 3. The molecule has 96 valence electrons. The molecule has 0 spiro atoms. The van der Waals surface area contributed by atoms with Crippen LogP contribution in [-0.4, -0.2) is 21.4 Å². The minimum atomic E-state index is 0.240. The lowest BCUT2D eigenvalue weighted by atomic mass is 10.1. The summed E-state index contributed by atoms with van der Waals surface area (Å²) in [7, 11) is 0. The lowest BCUT2D eigenvalue weighted by molar-refractivity contribution is 0.296. The number of thioether (sulfide) groups is 1. The normalized spacial score (nSPS) is 21.7. The van der Waals surface area contributed by atoms with Crippen LogP contribution in [-0.2, 0) is 5.75 Å². The van der Waals surface area contributed by atoms with E-state index in [0.29, 0.717) is 0 Å². The Balaban J connectivity index is 1.91. The Labute approximate surface area is 107 Å². The van der Waals surface area contributed by atoms with Crippen LogP contribution in [0.1, 0.15) is 57.8 Å². The monoisotopic (exact) mass is 255 g/mol. The van der Waals surface area contributed by atoms with Gasteiger partial charge in [0, 0.05) is 4.75 Å². The van der Waals surface area contributed by atoms with Gasteiger partial charge in [-0.1, -0.05) is 32.3 Å². The molecule has 0 radical (unpaired) electrons. The van der Waals surface area contributed by atoms with Crippen LogP contribution in [0.15, 0.2) is 4.52 Å². The summed E-state index contributed by atoms with van der Waals surface area (Å²) < 4.78 is 5.57. The maximum absolute atomic E-state index is 5.33. The Morgan fingerprint density at radius 2 is 2.24 bits per heavy atom. The number of piperidine rings is 1. The van der Waals surface area contributed by atoms with Gasteiger partial charge in [0.1, 0.15) is 0 Å². The minimum Gasteiger partial charge on any atom is -0.338 e. The number of aromatic nitrogens is 2. The Kier molecular flexibility index (Phi) is 4.09. The van der Waals surface area contributed by atoms with Crippen LogP contribution in [0.5, 0.6) is 0 Å². The first-order chi connectivity index (χ1) is 8.04. The standard InChI is InChI=1S/C12H21N3OS/c1-12(2,3)17-8-10-14-11(16-15-10)9-6-4-5-7-13-9/h9,13H,4-8H2,1-3H3/t9-/m1/s1. The van der Waals surface area contributed by atoms with E-state index in [9.17, 15) is 0 Å². The van der Waals surface area contributed by atoms with E-state index in [1.165, 1.54) is 12.8 Å². The smallest absolute Gasteiger partial charge is 0.243 e. The highest BCUT2D eigenvalue weighted by Gasteiger charge is 2.21. The van der Waals surface area contributed by atoms with Crippen LogP contribution in [0.2, 0.25) is 0 Å². The molecular weight excluding hydrogens is 234 g/mol. The molecule has 0 amide bonds. The first-order valence-electron chi connectivity index (χ1n) is 6.24. The fraction of sp³-hybridized carbons (Fsp3) is 0.833. The van der Waals surface area contributed by atoms with E-state index in [4.69, 9.17) is 4.52 Å². The number of hydrogen-bond acceptors (Lipinski definition) is 5. The largest absolute Gasteiger partial charge is 0.338 e. The van der Waals surface area contributed by atoms with Crippen molar-refractivity contribution in [3.05, 3.63) is 11.7 Å². The maximum atomic E-state index is 5.33. The average molecular weight is 255 g/mol. The van der Waals surface area contributed by atoms with Gasteiger partial charge in [0.15, 0.2) is 5.82 Å². The van der Waals surface area contributed by atoms with Gasteiger partial charge in [0.2, 0.25) is 5.89 Å². The molecule has 0 bridgehead atoms. The van der Waals surface area contributed by atoms with Gasteiger partial charge in [0.05, 0.1) is 11.8 Å². The van der Waals surface area contributed by atoms with E-state index in [1.54, 1.807) is 0 Å². The highest BCUT2D eigenvalue weighted by molar-refractivity contribution is 7.99. The molecule has 0 saturated carbocycles. The van der Waals surface area contributed by atoms with Gasteiger partial charge in [-0.05, 0) is 19.4 Å². The van der Waals surface area contributed by atoms with Crippen molar-refractivity contribution < 1.29 is 4.52 Å². The summed E-state index contributed by atoms with van der Waals surface area (Å²) in [5.41, 5.74) is 0. The third kappa shape index (κ3) is 4.00. The zero-order valence-electron chi connectivity index (χ0n) is 10.8.